The fourth-order valence-electron chi connectivity index (χ4n) is 3.09. The van der Waals surface area contributed by atoms with E-state index in [1.54, 1.807) is 0 Å². The number of nitrogens with two attached hydrogens (primary N) is 1. The van der Waals surface area contributed by atoms with E-state index in [2.05, 4.69) is 31.2 Å². The molecule has 0 aromatic heterocycles. The van der Waals surface area contributed by atoms with E-state index in [9.17, 15) is 0 Å². The molecule has 1 aliphatic carbocycles. The molecule has 1 fully saturated rings. The van der Waals surface area contributed by atoms with Crippen LogP contribution in [0.4, 0.5) is 0 Å². The van der Waals surface area contributed by atoms with Gasteiger partial charge >= 0.3 is 0 Å². The summed E-state index contributed by atoms with van der Waals surface area (Å²) >= 11 is 0. The first-order valence-corrected chi connectivity index (χ1v) is 7.08. The van der Waals surface area contributed by atoms with Gasteiger partial charge in [-0.25, -0.2) is 0 Å². The molecule has 0 amide bonds. The summed E-state index contributed by atoms with van der Waals surface area (Å²) in [7, 11) is 0. The molecule has 0 heterocycles. The summed E-state index contributed by atoms with van der Waals surface area (Å²) in [4.78, 5) is 0. The second-order valence-electron chi connectivity index (χ2n) is 5.56. The van der Waals surface area contributed by atoms with Gasteiger partial charge in [0.2, 0.25) is 0 Å². The van der Waals surface area contributed by atoms with Crippen molar-refractivity contribution in [1.29, 1.82) is 0 Å². The maximum atomic E-state index is 6.38. The van der Waals surface area contributed by atoms with Crippen LogP contribution in [0.15, 0.2) is 24.3 Å². The first-order chi connectivity index (χ1) is 8.27. The summed E-state index contributed by atoms with van der Waals surface area (Å²) in [6.07, 6.45) is 9.62. The lowest BCUT2D eigenvalue weighted by molar-refractivity contribution is 0.392. The van der Waals surface area contributed by atoms with Crippen LogP contribution in [0.2, 0.25) is 0 Å². The van der Waals surface area contributed by atoms with E-state index in [-0.39, 0.29) is 6.04 Å². The van der Waals surface area contributed by atoms with Crippen LogP contribution in [-0.2, 0) is 0 Å². The van der Waals surface area contributed by atoms with Gasteiger partial charge in [0.15, 0.2) is 0 Å². The van der Waals surface area contributed by atoms with E-state index in [1.165, 1.54) is 56.1 Å². The van der Waals surface area contributed by atoms with Gasteiger partial charge in [-0.2, -0.15) is 0 Å². The Kier molecular flexibility index (Phi) is 4.61. The molecule has 1 aliphatic rings. The van der Waals surface area contributed by atoms with E-state index in [4.69, 9.17) is 5.73 Å². The Hall–Kier alpha value is -0.820. The zero-order valence-corrected chi connectivity index (χ0v) is 11.0. The SMILES string of the molecule is Cc1ccccc1C(N)CC1CCCCCC1. The van der Waals surface area contributed by atoms with Crippen molar-refractivity contribution in [3.05, 3.63) is 35.4 Å². The van der Waals surface area contributed by atoms with Crippen molar-refractivity contribution in [3.63, 3.8) is 0 Å². The quantitative estimate of drug-likeness (QED) is 0.769. The summed E-state index contributed by atoms with van der Waals surface area (Å²) in [5.41, 5.74) is 9.06. The van der Waals surface area contributed by atoms with Crippen LogP contribution in [0, 0.1) is 12.8 Å². The van der Waals surface area contributed by atoms with Crippen LogP contribution < -0.4 is 5.73 Å². The van der Waals surface area contributed by atoms with Crippen LogP contribution >= 0.6 is 0 Å². The molecular weight excluding hydrogens is 206 g/mol. The second kappa shape index (κ2) is 6.20. The van der Waals surface area contributed by atoms with Gasteiger partial charge in [-0.15, -0.1) is 0 Å². The van der Waals surface area contributed by atoms with E-state index in [1.807, 2.05) is 0 Å². The Balaban J connectivity index is 1.96. The molecule has 0 saturated heterocycles. The minimum absolute atomic E-state index is 0.235. The molecule has 0 radical (unpaired) electrons. The Bertz CT molecular complexity index is 337. The maximum absolute atomic E-state index is 6.38. The predicted octanol–water partition coefficient (Wildman–Crippen LogP) is 4.36. The Morgan fingerprint density at radius 1 is 1.12 bits per heavy atom. The third-order valence-corrected chi connectivity index (χ3v) is 4.15. The molecule has 0 spiro atoms. The Morgan fingerprint density at radius 2 is 1.76 bits per heavy atom. The van der Waals surface area contributed by atoms with Crippen molar-refractivity contribution in [3.8, 4) is 0 Å². The zero-order chi connectivity index (χ0) is 12.1. The van der Waals surface area contributed by atoms with Gasteiger partial charge in [-0.1, -0.05) is 62.8 Å². The van der Waals surface area contributed by atoms with Crippen LogP contribution in [-0.4, -0.2) is 0 Å². The first kappa shape index (κ1) is 12.6. The standard InChI is InChI=1S/C16H25N/c1-13-8-6-7-11-15(13)16(17)12-14-9-4-2-3-5-10-14/h6-8,11,14,16H,2-5,9-10,12,17H2,1H3. The van der Waals surface area contributed by atoms with Crippen LogP contribution in [0.3, 0.4) is 0 Å². The molecule has 1 atom stereocenters. The van der Waals surface area contributed by atoms with Gasteiger partial charge in [0.05, 0.1) is 0 Å². The largest absolute Gasteiger partial charge is 0.324 e. The highest BCUT2D eigenvalue weighted by molar-refractivity contribution is 5.28. The first-order valence-electron chi connectivity index (χ1n) is 7.08. The predicted molar refractivity (Wildman–Crippen MR) is 73.9 cm³/mol. The molecular formula is C16H25N. The van der Waals surface area contributed by atoms with E-state index in [0.29, 0.717) is 0 Å². The van der Waals surface area contributed by atoms with Crippen LogP contribution in [0.1, 0.15) is 62.1 Å². The monoisotopic (exact) mass is 231 g/mol. The van der Waals surface area contributed by atoms with Crippen molar-refractivity contribution >= 4 is 0 Å². The number of rotatable bonds is 3. The summed E-state index contributed by atoms with van der Waals surface area (Å²) in [5.74, 6) is 0.854. The minimum atomic E-state index is 0.235. The van der Waals surface area contributed by atoms with Crippen LogP contribution in [0.5, 0.6) is 0 Å². The highest BCUT2D eigenvalue weighted by Gasteiger charge is 2.17. The van der Waals surface area contributed by atoms with E-state index < -0.39 is 0 Å². The minimum Gasteiger partial charge on any atom is -0.324 e. The lowest BCUT2D eigenvalue weighted by Crippen LogP contribution is -2.16. The van der Waals surface area contributed by atoms with Gasteiger partial charge in [0, 0.05) is 6.04 Å². The molecule has 17 heavy (non-hydrogen) atoms. The third-order valence-electron chi connectivity index (χ3n) is 4.15. The number of aryl methyl sites for hydroxylation is 1. The number of hydrogen-bond donors (Lipinski definition) is 1. The lowest BCUT2D eigenvalue weighted by Gasteiger charge is -2.21. The molecule has 2 rings (SSSR count). The summed E-state index contributed by atoms with van der Waals surface area (Å²) in [6, 6.07) is 8.80. The van der Waals surface area contributed by atoms with Gasteiger partial charge < -0.3 is 5.73 Å². The van der Waals surface area contributed by atoms with Crippen LogP contribution in [0.25, 0.3) is 0 Å². The van der Waals surface area contributed by atoms with Crippen molar-refractivity contribution < 1.29 is 0 Å². The molecule has 0 bridgehead atoms. The zero-order valence-electron chi connectivity index (χ0n) is 11.0. The fraction of sp³-hybridized carbons (Fsp3) is 0.625. The van der Waals surface area contributed by atoms with Crippen molar-refractivity contribution in [2.75, 3.05) is 0 Å². The van der Waals surface area contributed by atoms with Crippen molar-refractivity contribution in [2.45, 2.75) is 57.9 Å². The average Bonchev–Trinajstić information content (AvgIpc) is 2.58. The van der Waals surface area contributed by atoms with E-state index in [0.717, 1.165) is 5.92 Å². The van der Waals surface area contributed by atoms with E-state index >= 15 is 0 Å². The topological polar surface area (TPSA) is 26.0 Å². The molecule has 94 valence electrons. The highest BCUT2D eigenvalue weighted by atomic mass is 14.6. The molecule has 0 aliphatic heterocycles. The van der Waals surface area contributed by atoms with Crippen molar-refractivity contribution in [1.82, 2.24) is 0 Å². The number of hydrogen-bond acceptors (Lipinski definition) is 1. The molecule has 1 aromatic rings. The summed E-state index contributed by atoms with van der Waals surface area (Å²) in [6.45, 7) is 2.17. The van der Waals surface area contributed by atoms with Crippen molar-refractivity contribution in [2.24, 2.45) is 11.7 Å². The van der Waals surface area contributed by atoms with Gasteiger partial charge in [0.25, 0.3) is 0 Å². The smallest absolute Gasteiger partial charge is 0.0300 e. The molecule has 2 N–H and O–H groups in total. The summed E-state index contributed by atoms with van der Waals surface area (Å²) in [5, 5.41) is 0. The molecule has 1 heteroatoms. The summed E-state index contributed by atoms with van der Waals surface area (Å²) < 4.78 is 0. The maximum Gasteiger partial charge on any atom is 0.0300 e. The van der Waals surface area contributed by atoms with Gasteiger partial charge in [-0.3, -0.25) is 0 Å². The Labute approximate surface area is 105 Å². The molecule has 1 nitrogen and oxygen atoms in total. The molecule has 1 unspecified atom stereocenters. The van der Waals surface area contributed by atoms with Gasteiger partial charge in [0.1, 0.15) is 0 Å². The highest BCUT2D eigenvalue weighted by Crippen LogP contribution is 2.30. The number of benzene rings is 1. The Morgan fingerprint density at radius 3 is 2.41 bits per heavy atom. The fourth-order valence-corrected chi connectivity index (χ4v) is 3.09. The third kappa shape index (κ3) is 3.57. The molecule has 1 saturated carbocycles. The van der Waals surface area contributed by atoms with Gasteiger partial charge in [-0.05, 0) is 30.4 Å². The second-order valence-corrected chi connectivity index (χ2v) is 5.56. The normalized spacial score (nSPS) is 19.9. The lowest BCUT2D eigenvalue weighted by atomic mass is 9.88. The average molecular weight is 231 g/mol. The molecule has 1 aromatic carbocycles.